The van der Waals surface area contributed by atoms with Crippen molar-refractivity contribution in [3.8, 4) is 23.5 Å². The topological polar surface area (TPSA) is 49.9 Å². The van der Waals surface area contributed by atoms with Gasteiger partial charge in [0.25, 0.3) is 0 Å². The van der Waals surface area contributed by atoms with Crippen molar-refractivity contribution in [2.24, 2.45) is 5.73 Å². The van der Waals surface area contributed by atoms with Gasteiger partial charge in [0.2, 0.25) is 0 Å². The molecule has 0 aliphatic rings. The Morgan fingerprint density at radius 1 is 1.10 bits per heavy atom. The molecule has 2 aromatic rings. The first kappa shape index (κ1) is 14.6. The Hall–Kier alpha value is -2.79. The smallest absolute Gasteiger partial charge is 0.0919 e. The SMILES string of the molecule is C#C/C(N)=C(/C=N)c1cc(C)cc(-c2cccc(C)c2)c1. The lowest BCUT2D eigenvalue weighted by molar-refractivity contribution is 1.41. The summed E-state index contributed by atoms with van der Waals surface area (Å²) in [6.45, 7) is 4.09. The molecule has 21 heavy (non-hydrogen) atoms. The van der Waals surface area contributed by atoms with Crippen molar-refractivity contribution in [3.05, 3.63) is 64.9 Å². The molecule has 0 unspecified atom stereocenters. The molecule has 2 nitrogen and oxygen atoms in total. The van der Waals surface area contributed by atoms with E-state index in [4.69, 9.17) is 17.6 Å². The molecule has 104 valence electrons. The van der Waals surface area contributed by atoms with Gasteiger partial charge < -0.3 is 11.1 Å². The van der Waals surface area contributed by atoms with E-state index in [1.54, 1.807) is 0 Å². The number of hydrogen-bond acceptors (Lipinski definition) is 2. The van der Waals surface area contributed by atoms with Crippen LogP contribution in [0.25, 0.3) is 16.7 Å². The lowest BCUT2D eigenvalue weighted by Gasteiger charge is -2.10. The minimum atomic E-state index is 0.283. The third kappa shape index (κ3) is 3.21. The van der Waals surface area contributed by atoms with Crippen LogP contribution in [0.5, 0.6) is 0 Å². The highest BCUT2D eigenvalue weighted by molar-refractivity contribution is 6.10. The molecule has 3 N–H and O–H groups in total. The highest BCUT2D eigenvalue weighted by Gasteiger charge is 2.07. The Morgan fingerprint density at radius 3 is 2.43 bits per heavy atom. The molecule has 0 spiro atoms. The highest BCUT2D eigenvalue weighted by Crippen LogP contribution is 2.26. The first-order chi connectivity index (χ1) is 10.0. The zero-order chi connectivity index (χ0) is 15.4. The van der Waals surface area contributed by atoms with Crippen molar-refractivity contribution in [1.82, 2.24) is 0 Å². The van der Waals surface area contributed by atoms with Gasteiger partial charge in [-0.05, 0) is 42.2 Å². The molecule has 0 amide bonds. The number of hydrogen-bond donors (Lipinski definition) is 2. The van der Waals surface area contributed by atoms with E-state index >= 15 is 0 Å². The monoisotopic (exact) mass is 274 g/mol. The van der Waals surface area contributed by atoms with Gasteiger partial charge in [-0.3, -0.25) is 0 Å². The van der Waals surface area contributed by atoms with E-state index in [0.29, 0.717) is 5.57 Å². The predicted octanol–water partition coefficient (Wildman–Crippen LogP) is 3.92. The molecule has 2 aromatic carbocycles. The first-order valence-corrected chi connectivity index (χ1v) is 6.71. The Balaban J connectivity index is 2.63. The number of allylic oxidation sites excluding steroid dienone is 2. The molecule has 0 fully saturated rings. The lowest BCUT2D eigenvalue weighted by atomic mass is 9.95. The van der Waals surface area contributed by atoms with Crippen LogP contribution in [0, 0.1) is 31.6 Å². The van der Waals surface area contributed by atoms with E-state index in [1.807, 2.05) is 25.1 Å². The fourth-order valence-electron chi connectivity index (χ4n) is 2.32. The van der Waals surface area contributed by atoms with Gasteiger partial charge in [0, 0.05) is 11.8 Å². The fourth-order valence-corrected chi connectivity index (χ4v) is 2.32. The Morgan fingerprint density at radius 2 is 1.81 bits per heavy atom. The van der Waals surface area contributed by atoms with E-state index in [2.05, 4.69) is 37.1 Å². The summed E-state index contributed by atoms with van der Waals surface area (Å²) in [5, 5.41) is 7.55. The van der Waals surface area contributed by atoms with E-state index < -0.39 is 0 Å². The summed E-state index contributed by atoms with van der Waals surface area (Å²) in [7, 11) is 0. The maximum absolute atomic E-state index is 7.55. The van der Waals surface area contributed by atoms with Crippen LogP contribution in [0.2, 0.25) is 0 Å². The summed E-state index contributed by atoms with van der Waals surface area (Å²) >= 11 is 0. The van der Waals surface area contributed by atoms with E-state index in [9.17, 15) is 0 Å². The van der Waals surface area contributed by atoms with Crippen molar-refractivity contribution < 1.29 is 0 Å². The van der Waals surface area contributed by atoms with Crippen LogP contribution >= 0.6 is 0 Å². The van der Waals surface area contributed by atoms with Crippen LogP contribution < -0.4 is 5.73 Å². The zero-order valence-corrected chi connectivity index (χ0v) is 12.3. The second-order valence-corrected chi connectivity index (χ2v) is 5.07. The van der Waals surface area contributed by atoms with Crippen LogP contribution in [0.15, 0.2) is 48.2 Å². The maximum atomic E-state index is 7.55. The molecular weight excluding hydrogens is 256 g/mol. The largest absolute Gasteiger partial charge is 0.391 e. The minimum Gasteiger partial charge on any atom is -0.391 e. The summed E-state index contributed by atoms with van der Waals surface area (Å²) < 4.78 is 0. The number of terminal acetylenes is 1. The summed E-state index contributed by atoms with van der Waals surface area (Å²) in [6.07, 6.45) is 6.57. The van der Waals surface area contributed by atoms with E-state index in [1.165, 1.54) is 11.8 Å². The highest BCUT2D eigenvalue weighted by atomic mass is 14.6. The van der Waals surface area contributed by atoms with Gasteiger partial charge in [-0.15, -0.1) is 6.42 Å². The van der Waals surface area contributed by atoms with Gasteiger partial charge >= 0.3 is 0 Å². The van der Waals surface area contributed by atoms with Crippen LogP contribution in [0.3, 0.4) is 0 Å². The molecule has 0 aliphatic heterocycles. The molecule has 0 aromatic heterocycles. The average molecular weight is 274 g/mol. The standard InChI is InChI=1S/C19H18N2/c1-4-19(21)18(12-20)17-10-14(3)9-16(11-17)15-7-5-6-13(2)8-15/h1,5-12,20H,21H2,2-3H3/b19-18+,20-12?. The van der Waals surface area contributed by atoms with Gasteiger partial charge in [0.1, 0.15) is 0 Å². The predicted molar refractivity (Wildman–Crippen MR) is 90.1 cm³/mol. The van der Waals surface area contributed by atoms with Crippen molar-refractivity contribution >= 4 is 11.8 Å². The third-order valence-electron chi connectivity index (χ3n) is 3.33. The van der Waals surface area contributed by atoms with Crippen molar-refractivity contribution in [2.75, 3.05) is 0 Å². The molecule has 0 radical (unpaired) electrons. The van der Waals surface area contributed by atoms with Crippen molar-refractivity contribution in [1.29, 1.82) is 5.41 Å². The van der Waals surface area contributed by atoms with Crippen LogP contribution in [0.1, 0.15) is 16.7 Å². The number of nitrogens with two attached hydrogens (primary N) is 1. The van der Waals surface area contributed by atoms with Gasteiger partial charge in [0.05, 0.1) is 5.70 Å². The van der Waals surface area contributed by atoms with Crippen molar-refractivity contribution in [2.45, 2.75) is 13.8 Å². The Kier molecular flexibility index (Phi) is 4.25. The molecule has 2 heteroatoms. The van der Waals surface area contributed by atoms with E-state index in [0.717, 1.165) is 22.3 Å². The maximum Gasteiger partial charge on any atom is 0.0919 e. The van der Waals surface area contributed by atoms with Gasteiger partial charge in [0.15, 0.2) is 0 Å². The van der Waals surface area contributed by atoms with Crippen LogP contribution in [-0.4, -0.2) is 6.21 Å². The molecule has 0 aliphatic carbocycles. The van der Waals surface area contributed by atoms with Crippen molar-refractivity contribution in [3.63, 3.8) is 0 Å². The number of benzene rings is 2. The number of nitrogens with one attached hydrogen (secondary N) is 1. The number of aryl methyl sites for hydroxylation is 2. The normalized spacial score (nSPS) is 11.5. The summed E-state index contributed by atoms with van der Waals surface area (Å²) in [4.78, 5) is 0. The van der Waals surface area contributed by atoms with Gasteiger partial charge in [-0.2, -0.15) is 0 Å². The molecule has 0 heterocycles. The lowest BCUT2D eigenvalue weighted by Crippen LogP contribution is -2.01. The van der Waals surface area contributed by atoms with E-state index in [-0.39, 0.29) is 5.70 Å². The fraction of sp³-hybridized carbons (Fsp3) is 0.105. The molecule has 2 rings (SSSR count). The zero-order valence-electron chi connectivity index (χ0n) is 12.3. The first-order valence-electron chi connectivity index (χ1n) is 6.71. The second-order valence-electron chi connectivity index (χ2n) is 5.07. The molecule has 0 saturated carbocycles. The summed E-state index contributed by atoms with van der Waals surface area (Å²) in [5.74, 6) is 2.41. The number of rotatable bonds is 3. The molecule has 0 atom stereocenters. The average Bonchev–Trinajstić information content (AvgIpc) is 2.47. The van der Waals surface area contributed by atoms with Crippen LogP contribution in [-0.2, 0) is 0 Å². The Labute approximate surface area is 125 Å². The minimum absolute atomic E-state index is 0.283. The van der Waals surface area contributed by atoms with Gasteiger partial charge in [-0.1, -0.05) is 47.9 Å². The molecular formula is C19H18N2. The van der Waals surface area contributed by atoms with Crippen LogP contribution in [0.4, 0.5) is 0 Å². The quantitative estimate of drug-likeness (QED) is 0.646. The van der Waals surface area contributed by atoms with Gasteiger partial charge in [-0.25, -0.2) is 0 Å². The summed E-state index contributed by atoms with van der Waals surface area (Å²) in [5.41, 5.74) is 12.1. The second kappa shape index (κ2) is 6.11. The summed E-state index contributed by atoms with van der Waals surface area (Å²) in [6, 6.07) is 14.4. The molecule has 0 bridgehead atoms. The third-order valence-corrected chi connectivity index (χ3v) is 3.33. The Bertz CT molecular complexity index is 761. The molecule has 0 saturated heterocycles.